The van der Waals surface area contributed by atoms with Crippen LogP contribution in [-0.4, -0.2) is 15.7 Å². The maximum atomic E-state index is 14.0. The van der Waals surface area contributed by atoms with Gasteiger partial charge in [-0.1, -0.05) is 6.07 Å². The molecule has 0 saturated carbocycles. The number of benzene rings is 1. The van der Waals surface area contributed by atoms with E-state index in [0.29, 0.717) is 10.4 Å². The molecule has 0 fully saturated rings. The molecule has 0 atom stereocenters. The number of carbonyl (C=O) groups excluding carboxylic acids is 1. The molecule has 25 heavy (non-hydrogen) atoms. The smallest absolute Gasteiger partial charge is 0.160 e. The summed E-state index contributed by atoms with van der Waals surface area (Å²) in [5, 5.41) is 8.89. The summed E-state index contributed by atoms with van der Waals surface area (Å²) in [5.74, 6) is -0.575. The Hall–Kier alpha value is -3.30. The molecule has 6 heteroatoms. The van der Waals surface area contributed by atoms with E-state index < -0.39 is 5.82 Å². The number of fused-ring (bicyclic) bond motifs is 1. The Kier molecular flexibility index (Phi) is 3.64. The van der Waals surface area contributed by atoms with Crippen molar-refractivity contribution in [3.05, 3.63) is 71.2 Å². The second-order valence-electron chi connectivity index (χ2n) is 5.42. The van der Waals surface area contributed by atoms with E-state index in [-0.39, 0.29) is 5.56 Å². The molecule has 120 valence electrons. The Balaban J connectivity index is 1.91. The molecule has 0 spiro atoms. The lowest BCUT2D eigenvalue weighted by Crippen LogP contribution is -1.87. The monoisotopic (exact) mass is 347 g/mol. The number of imidazole rings is 1. The van der Waals surface area contributed by atoms with Crippen molar-refractivity contribution >= 4 is 23.3 Å². The SMILES string of the molecule is N#Cc1ccc(-c2cc(C=O)sc2-c2ccn3ccnc3c2)cc1F. The molecule has 3 aromatic heterocycles. The highest BCUT2D eigenvalue weighted by atomic mass is 32.1. The molecule has 4 rings (SSSR count). The minimum absolute atomic E-state index is 0.00468. The number of aromatic nitrogens is 2. The topological polar surface area (TPSA) is 58.2 Å². The molecule has 0 aliphatic rings. The van der Waals surface area contributed by atoms with Gasteiger partial charge in [-0.05, 0) is 41.5 Å². The number of aldehydes is 1. The molecule has 0 aliphatic carbocycles. The maximum Gasteiger partial charge on any atom is 0.160 e. The van der Waals surface area contributed by atoms with E-state index in [0.717, 1.165) is 27.9 Å². The minimum atomic E-state index is -0.575. The van der Waals surface area contributed by atoms with Crippen molar-refractivity contribution in [3.63, 3.8) is 0 Å². The van der Waals surface area contributed by atoms with Crippen LogP contribution in [0.4, 0.5) is 4.39 Å². The Morgan fingerprint density at radius 2 is 2.04 bits per heavy atom. The van der Waals surface area contributed by atoms with Crippen molar-refractivity contribution in [2.24, 2.45) is 0 Å². The summed E-state index contributed by atoms with van der Waals surface area (Å²) in [6, 6.07) is 11.9. The number of pyridine rings is 1. The van der Waals surface area contributed by atoms with Gasteiger partial charge < -0.3 is 4.40 Å². The van der Waals surface area contributed by atoms with Crippen molar-refractivity contribution in [2.75, 3.05) is 0 Å². The summed E-state index contributed by atoms with van der Waals surface area (Å²) in [7, 11) is 0. The van der Waals surface area contributed by atoms with Gasteiger partial charge in [-0.25, -0.2) is 9.37 Å². The van der Waals surface area contributed by atoms with E-state index in [9.17, 15) is 9.18 Å². The number of halogens is 1. The van der Waals surface area contributed by atoms with Gasteiger partial charge in [0.1, 0.15) is 17.5 Å². The molecule has 0 saturated heterocycles. The van der Waals surface area contributed by atoms with Gasteiger partial charge in [-0.2, -0.15) is 5.26 Å². The molecule has 1 aromatic carbocycles. The largest absolute Gasteiger partial charge is 0.307 e. The van der Waals surface area contributed by atoms with E-state index >= 15 is 0 Å². The van der Waals surface area contributed by atoms with Crippen LogP contribution in [0.15, 0.2) is 55.0 Å². The van der Waals surface area contributed by atoms with E-state index in [2.05, 4.69) is 4.98 Å². The molecular weight excluding hydrogens is 337 g/mol. The predicted molar refractivity (Wildman–Crippen MR) is 94.0 cm³/mol. The summed E-state index contributed by atoms with van der Waals surface area (Å²) in [6.07, 6.45) is 6.23. The van der Waals surface area contributed by atoms with Gasteiger partial charge in [-0.3, -0.25) is 4.79 Å². The third kappa shape index (κ3) is 2.61. The zero-order chi connectivity index (χ0) is 17.4. The first kappa shape index (κ1) is 15.2. The molecule has 0 unspecified atom stereocenters. The third-order valence-corrected chi connectivity index (χ3v) is 5.04. The lowest BCUT2D eigenvalue weighted by molar-refractivity contribution is 0.112. The summed E-state index contributed by atoms with van der Waals surface area (Å²) < 4.78 is 15.9. The Morgan fingerprint density at radius 1 is 1.16 bits per heavy atom. The molecular formula is C19H10FN3OS. The number of rotatable bonds is 3. The van der Waals surface area contributed by atoms with Crippen LogP contribution in [0.1, 0.15) is 15.2 Å². The zero-order valence-electron chi connectivity index (χ0n) is 12.8. The fourth-order valence-corrected chi connectivity index (χ4v) is 3.71. The minimum Gasteiger partial charge on any atom is -0.307 e. The molecule has 0 bridgehead atoms. The Labute approximate surface area is 146 Å². The number of thiophene rings is 1. The fraction of sp³-hybridized carbons (Fsp3) is 0. The van der Waals surface area contributed by atoms with Crippen molar-refractivity contribution in [1.82, 2.24) is 9.38 Å². The van der Waals surface area contributed by atoms with E-state index in [4.69, 9.17) is 5.26 Å². The number of nitrogens with zero attached hydrogens (tertiary/aromatic N) is 3. The van der Waals surface area contributed by atoms with Gasteiger partial charge in [-0.15, -0.1) is 11.3 Å². The summed E-state index contributed by atoms with van der Waals surface area (Å²) >= 11 is 1.34. The van der Waals surface area contributed by atoms with Crippen LogP contribution in [0, 0.1) is 17.1 Å². The number of hydrogen-bond acceptors (Lipinski definition) is 4. The fourth-order valence-electron chi connectivity index (χ4n) is 2.72. The van der Waals surface area contributed by atoms with Crippen LogP contribution in [-0.2, 0) is 0 Å². The highest BCUT2D eigenvalue weighted by Gasteiger charge is 2.15. The quantitative estimate of drug-likeness (QED) is 0.511. The van der Waals surface area contributed by atoms with E-state index in [1.165, 1.54) is 23.5 Å². The third-order valence-electron chi connectivity index (χ3n) is 3.93. The molecule has 0 amide bonds. The lowest BCUT2D eigenvalue weighted by atomic mass is 10.0. The van der Waals surface area contributed by atoms with Crippen LogP contribution < -0.4 is 0 Å². The second-order valence-corrected chi connectivity index (χ2v) is 6.51. The first-order valence-electron chi connectivity index (χ1n) is 7.42. The standard InChI is InChI=1S/C19H10FN3OS/c20-17-7-12(1-2-14(17)10-21)16-9-15(11-24)25-19(16)13-3-5-23-6-4-22-18(23)8-13/h1-9,11H. The summed E-state index contributed by atoms with van der Waals surface area (Å²) in [4.78, 5) is 16.9. The average Bonchev–Trinajstić information content (AvgIpc) is 3.27. The Bertz CT molecular complexity index is 1150. The molecule has 0 N–H and O–H groups in total. The lowest BCUT2D eigenvalue weighted by Gasteiger charge is -2.06. The van der Waals surface area contributed by atoms with Gasteiger partial charge in [0.05, 0.1) is 10.4 Å². The van der Waals surface area contributed by atoms with Crippen LogP contribution in [0.2, 0.25) is 0 Å². The van der Waals surface area contributed by atoms with Crippen LogP contribution in [0.3, 0.4) is 0 Å². The summed E-state index contributed by atoms with van der Waals surface area (Å²) in [6.45, 7) is 0. The van der Waals surface area contributed by atoms with Crippen molar-refractivity contribution in [1.29, 1.82) is 5.26 Å². The highest BCUT2D eigenvalue weighted by Crippen LogP contribution is 2.39. The van der Waals surface area contributed by atoms with E-state index in [1.54, 1.807) is 18.3 Å². The van der Waals surface area contributed by atoms with Gasteiger partial charge in [0.2, 0.25) is 0 Å². The van der Waals surface area contributed by atoms with Crippen molar-refractivity contribution in [2.45, 2.75) is 0 Å². The summed E-state index contributed by atoms with van der Waals surface area (Å²) in [5.41, 5.74) is 3.06. The highest BCUT2D eigenvalue weighted by molar-refractivity contribution is 7.17. The van der Waals surface area contributed by atoms with E-state index in [1.807, 2.05) is 35.0 Å². The van der Waals surface area contributed by atoms with Crippen LogP contribution >= 0.6 is 11.3 Å². The van der Waals surface area contributed by atoms with Crippen molar-refractivity contribution in [3.8, 4) is 27.6 Å². The first-order chi connectivity index (χ1) is 12.2. The number of carbonyl (C=O) groups is 1. The normalized spacial score (nSPS) is 10.7. The molecule has 3 heterocycles. The molecule has 4 aromatic rings. The van der Waals surface area contributed by atoms with Gasteiger partial charge in [0.25, 0.3) is 0 Å². The second kappa shape index (κ2) is 5.96. The molecule has 0 aliphatic heterocycles. The van der Waals surface area contributed by atoms with Gasteiger partial charge in [0, 0.05) is 29.0 Å². The first-order valence-corrected chi connectivity index (χ1v) is 8.23. The number of hydrogen-bond donors (Lipinski definition) is 0. The van der Waals surface area contributed by atoms with Gasteiger partial charge >= 0.3 is 0 Å². The number of nitriles is 1. The van der Waals surface area contributed by atoms with Crippen LogP contribution in [0.25, 0.3) is 27.2 Å². The zero-order valence-corrected chi connectivity index (χ0v) is 13.6. The van der Waals surface area contributed by atoms with Crippen LogP contribution in [0.5, 0.6) is 0 Å². The molecule has 4 nitrogen and oxygen atoms in total. The average molecular weight is 347 g/mol. The van der Waals surface area contributed by atoms with Crippen molar-refractivity contribution < 1.29 is 9.18 Å². The molecule has 0 radical (unpaired) electrons. The van der Waals surface area contributed by atoms with Gasteiger partial charge in [0.15, 0.2) is 6.29 Å². The maximum absolute atomic E-state index is 14.0. The predicted octanol–water partition coefficient (Wildman–Crippen LogP) is 4.55. The Morgan fingerprint density at radius 3 is 2.80 bits per heavy atom.